The maximum atomic E-state index is 4.62. The fourth-order valence-corrected chi connectivity index (χ4v) is 2.44. The zero-order chi connectivity index (χ0) is 12.9. The van der Waals surface area contributed by atoms with E-state index in [1.54, 1.807) is 0 Å². The second-order valence-corrected chi connectivity index (χ2v) is 4.91. The zero-order valence-electron chi connectivity index (χ0n) is 11.1. The van der Waals surface area contributed by atoms with Crippen LogP contribution in [0.25, 0.3) is 10.9 Å². The van der Waals surface area contributed by atoms with Gasteiger partial charge in [-0.1, -0.05) is 18.2 Å². The molecule has 1 saturated heterocycles. The van der Waals surface area contributed by atoms with Crippen LogP contribution in [-0.4, -0.2) is 49.2 Å². The van der Waals surface area contributed by atoms with Crippen molar-refractivity contribution < 1.29 is 0 Å². The quantitative estimate of drug-likeness (QED) is 0.871. The standard InChI is InChI=1S/C15H20N4/c1-2-4-14-13(3-1)5-6-15(18-14)17-9-12-19-10-7-16-8-11-19/h1-6,16H,7-12H2,(H,17,18). The third-order valence-electron chi connectivity index (χ3n) is 3.54. The van der Waals surface area contributed by atoms with Crippen LogP contribution in [0, 0.1) is 0 Å². The Labute approximate surface area is 113 Å². The van der Waals surface area contributed by atoms with Gasteiger partial charge in [0.15, 0.2) is 0 Å². The minimum atomic E-state index is 0.950. The molecule has 2 aromatic rings. The van der Waals surface area contributed by atoms with Crippen LogP contribution in [0.5, 0.6) is 0 Å². The number of rotatable bonds is 4. The normalized spacial score (nSPS) is 16.6. The fourth-order valence-electron chi connectivity index (χ4n) is 2.44. The van der Waals surface area contributed by atoms with Crippen LogP contribution in [-0.2, 0) is 0 Å². The van der Waals surface area contributed by atoms with Crippen LogP contribution in [0.2, 0.25) is 0 Å². The lowest BCUT2D eigenvalue weighted by Crippen LogP contribution is -2.45. The first-order valence-corrected chi connectivity index (χ1v) is 6.94. The average Bonchev–Trinajstić information content (AvgIpc) is 2.48. The largest absolute Gasteiger partial charge is 0.369 e. The highest BCUT2D eigenvalue weighted by Gasteiger charge is 2.08. The molecule has 0 unspecified atom stereocenters. The number of anilines is 1. The van der Waals surface area contributed by atoms with Crippen molar-refractivity contribution in [1.29, 1.82) is 0 Å². The van der Waals surface area contributed by atoms with Crippen molar-refractivity contribution in [3.8, 4) is 0 Å². The van der Waals surface area contributed by atoms with Crippen molar-refractivity contribution >= 4 is 16.7 Å². The van der Waals surface area contributed by atoms with Crippen LogP contribution >= 0.6 is 0 Å². The summed E-state index contributed by atoms with van der Waals surface area (Å²) in [5.41, 5.74) is 1.05. The van der Waals surface area contributed by atoms with E-state index in [9.17, 15) is 0 Å². The number of benzene rings is 1. The summed E-state index contributed by atoms with van der Waals surface area (Å²) in [6.07, 6.45) is 0. The Bertz CT molecular complexity index is 534. The summed E-state index contributed by atoms with van der Waals surface area (Å²) in [6, 6.07) is 12.4. The van der Waals surface area contributed by atoms with E-state index in [1.807, 2.05) is 12.1 Å². The first-order valence-electron chi connectivity index (χ1n) is 6.94. The first kappa shape index (κ1) is 12.4. The van der Waals surface area contributed by atoms with Gasteiger partial charge in [-0.15, -0.1) is 0 Å². The number of piperazine rings is 1. The SMILES string of the molecule is c1ccc2nc(NCCN3CCNCC3)ccc2c1. The number of nitrogens with zero attached hydrogens (tertiary/aromatic N) is 2. The molecule has 1 aromatic heterocycles. The third kappa shape index (κ3) is 3.22. The van der Waals surface area contributed by atoms with Crippen molar-refractivity contribution in [3.63, 3.8) is 0 Å². The molecule has 4 heteroatoms. The average molecular weight is 256 g/mol. The lowest BCUT2D eigenvalue weighted by atomic mass is 10.2. The summed E-state index contributed by atoms with van der Waals surface area (Å²) < 4.78 is 0. The molecule has 0 radical (unpaired) electrons. The maximum Gasteiger partial charge on any atom is 0.126 e. The smallest absolute Gasteiger partial charge is 0.126 e. The molecular formula is C15H20N4. The number of pyridine rings is 1. The van der Waals surface area contributed by atoms with Crippen LogP contribution in [0.15, 0.2) is 36.4 Å². The first-order chi connectivity index (χ1) is 9.42. The van der Waals surface area contributed by atoms with E-state index < -0.39 is 0 Å². The van der Waals surface area contributed by atoms with Gasteiger partial charge in [0.2, 0.25) is 0 Å². The monoisotopic (exact) mass is 256 g/mol. The topological polar surface area (TPSA) is 40.2 Å². The molecule has 1 aliphatic heterocycles. The molecule has 3 rings (SSSR count). The van der Waals surface area contributed by atoms with Gasteiger partial charge in [-0.3, -0.25) is 4.90 Å². The summed E-state index contributed by atoms with van der Waals surface area (Å²) in [5.74, 6) is 0.967. The Morgan fingerprint density at radius 1 is 1.11 bits per heavy atom. The van der Waals surface area contributed by atoms with Gasteiger partial charge >= 0.3 is 0 Å². The van der Waals surface area contributed by atoms with E-state index in [0.717, 1.165) is 50.6 Å². The minimum absolute atomic E-state index is 0.950. The third-order valence-corrected chi connectivity index (χ3v) is 3.54. The minimum Gasteiger partial charge on any atom is -0.369 e. The van der Waals surface area contributed by atoms with Crippen molar-refractivity contribution in [3.05, 3.63) is 36.4 Å². The van der Waals surface area contributed by atoms with Crippen LogP contribution in [0.1, 0.15) is 0 Å². The molecule has 4 nitrogen and oxygen atoms in total. The molecule has 0 spiro atoms. The Morgan fingerprint density at radius 3 is 2.84 bits per heavy atom. The highest BCUT2D eigenvalue weighted by atomic mass is 15.2. The van der Waals surface area contributed by atoms with Crippen LogP contribution < -0.4 is 10.6 Å². The Balaban J connectivity index is 1.56. The van der Waals surface area contributed by atoms with E-state index in [0.29, 0.717) is 0 Å². The molecule has 2 N–H and O–H groups in total. The van der Waals surface area contributed by atoms with Crippen molar-refractivity contribution in [2.45, 2.75) is 0 Å². The number of nitrogens with one attached hydrogen (secondary N) is 2. The van der Waals surface area contributed by atoms with Crippen molar-refractivity contribution in [1.82, 2.24) is 15.2 Å². The van der Waals surface area contributed by atoms with Gasteiger partial charge in [-0.2, -0.15) is 0 Å². The summed E-state index contributed by atoms with van der Waals surface area (Å²) in [4.78, 5) is 7.09. The van der Waals surface area contributed by atoms with E-state index in [-0.39, 0.29) is 0 Å². The predicted octanol–water partition coefficient (Wildman–Crippen LogP) is 1.55. The van der Waals surface area contributed by atoms with Gasteiger partial charge in [0.05, 0.1) is 5.52 Å². The lowest BCUT2D eigenvalue weighted by molar-refractivity contribution is 0.249. The fraction of sp³-hybridized carbons (Fsp3) is 0.400. The summed E-state index contributed by atoms with van der Waals surface area (Å²) in [7, 11) is 0. The Kier molecular flexibility index (Phi) is 3.91. The van der Waals surface area contributed by atoms with Crippen molar-refractivity contribution in [2.24, 2.45) is 0 Å². The van der Waals surface area contributed by atoms with Gasteiger partial charge in [0.25, 0.3) is 0 Å². The number of hydrogen-bond acceptors (Lipinski definition) is 4. The molecule has 100 valence electrons. The van der Waals surface area contributed by atoms with Crippen molar-refractivity contribution in [2.75, 3.05) is 44.6 Å². The zero-order valence-corrected chi connectivity index (χ0v) is 11.1. The van der Waals surface area contributed by atoms with E-state index in [1.165, 1.54) is 5.39 Å². The molecule has 0 amide bonds. The molecule has 2 heterocycles. The molecule has 19 heavy (non-hydrogen) atoms. The molecule has 0 saturated carbocycles. The van der Waals surface area contributed by atoms with E-state index >= 15 is 0 Å². The van der Waals surface area contributed by atoms with Gasteiger partial charge in [0.1, 0.15) is 5.82 Å². The molecule has 0 aliphatic carbocycles. The molecule has 1 aliphatic rings. The molecule has 1 aromatic carbocycles. The molecule has 1 fully saturated rings. The Hall–Kier alpha value is -1.65. The molecule has 0 bridgehead atoms. The highest BCUT2D eigenvalue weighted by molar-refractivity contribution is 5.79. The van der Waals surface area contributed by atoms with Gasteiger partial charge in [-0.25, -0.2) is 4.98 Å². The summed E-state index contributed by atoms with van der Waals surface area (Å²) in [6.45, 7) is 6.53. The van der Waals surface area contributed by atoms with Crippen LogP contribution in [0.4, 0.5) is 5.82 Å². The lowest BCUT2D eigenvalue weighted by Gasteiger charge is -2.27. The predicted molar refractivity (Wildman–Crippen MR) is 79.5 cm³/mol. The summed E-state index contributed by atoms with van der Waals surface area (Å²) >= 11 is 0. The number of aromatic nitrogens is 1. The number of hydrogen-bond donors (Lipinski definition) is 2. The summed E-state index contributed by atoms with van der Waals surface area (Å²) in [5, 5.41) is 7.97. The second-order valence-electron chi connectivity index (χ2n) is 4.91. The second kappa shape index (κ2) is 5.99. The van der Waals surface area contributed by atoms with E-state index in [2.05, 4.69) is 44.8 Å². The molecular weight excluding hydrogens is 236 g/mol. The number of para-hydroxylation sites is 1. The Morgan fingerprint density at radius 2 is 1.95 bits per heavy atom. The van der Waals surface area contributed by atoms with Gasteiger partial charge < -0.3 is 10.6 Å². The highest BCUT2D eigenvalue weighted by Crippen LogP contribution is 2.14. The van der Waals surface area contributed by atoms with Gasteiger partial charge in [0, 0.05) is 44.7 Å². The maximum absolute atomic E-state index is 4.62. The van der Waals surface area contributed by atoms with Crippen LogP contribution in [0.3, 0.4) is 0 Å². The number of fused-ring (bicyclic) bond motifs is 1. The van der Waals surface area contributed by atoms with E-state index in [4.69, 9.17) is 0 Å². The molecule has 0 atom stereocenters. The van der Waals surface area contributed by atoms with Gasteiger partial charge in [-0.05, 0) is 18.2 Å².